The van der Waals surface area contributed by atoms with E-state index < -0.39 is 47.6 Å². The molecule has 0 bridgehead atoms. The number of phenolic OH excluding ortho intramolecular Hbond substituents is 1. The number of aromatic hydroxyl groups is 1. The Labute approximate surface area is 175 Å². The molecule has 5 N–H and O–H groups in total. The summed E-state index contributed by atoms with van der Waals surface area (Å²) in [5.74, 6) is -2.49. The smallest absolute Gasteiger partial charge is 0.408 e. The van der Waals surface area contributed by atoms with E-state index in [9.17, 15) is 24.3 Å². The summed E-state index contributed by atoms with van der Waals surface area (Å²) in [4.78, 5) is 47.8. The molecule has 3 amide bonds. The van der Waals surface area contributed by atoms with Crippen molar-refractivity contribution >= 4 is 23.9 Å². The number of carbonyl (C=O) groups is 4. The second kappa shape index (κ2) is 10.5. The Morgan fingerprint density at radius 3 is 1.97 bits per heavy atom. The van der Waals surface area contributed by atoms with E-state index in [2.05, 4.69) is 16.0 Å². The number of amides is 3. The first-order valence-corrected chi connectivity index (χ1v) is 9.39. The number of ether oxygens (including phenoxy) is 1. The zero-order chi connectivity index (χ0) is 23.1. The summed E-state index contributed by atoms with van der Waals surface area (Å²) in [6.07, 6.45) is -0.733. The third-order valence-corrected chi connectivity index (χ3v) is 3.86. The summed E-state index contributed by atoms with van der Waals surface area (Å²) in [6.45, 7) is 7.73. The minimum absolute atomic E-state index is 0.0534. The van der Waals surface area contributed by atoms with Gasteiger partial charge in [0.15, 0.2) is 0 Å². The third-order valence-electron chi connectivity index (χ3n) is 3.86. The van der Waals surface area contributed by atoms with Gasteiger partial charge in [0, 0.05) is 6.42 Å². The molecule has 0 aliphatic heterocycles. The molecular weight excluding hydrogens is 394 g/mol. The summed E-state index contributed by atoms with van der Waals surface area (Å²) < 4.78 is 5.19. The second-order valence-electron chi connectivity index (χ2n) is 7.87. The van der Waals surface area contributed by atoms with Gasteiger partial charge in [0.25, 0.3) is 0 Å². The number of aliphatic carboxylic acids is 1. The summed E-state index contributed by atoms with van der Waals surface area (Å²) in [5, 5.41) is 25.5. The molecule has 10 nitrogen and oxygen atoms in total. The first kappa shape index (κ1) is 24.7. The van der Waals surface area contributed by atoms with Crippen LogP contribution in [-0.2, 0) is 25.5 Å². The number of carbonyl (C=O) groups excluding carboxylic acids is 3. The van der Waals surface area contributed by atoms with Gasteiger partial charge in [-0.25, -0.2) is 4.79 Å². The summed E-state index contributed by atoms with van der Waals surface area (Å²) in [6, 6.07) is 2.85. The number of hydrogen-bond acceptors (Lipinski definition) is 6. The number of hydrogen-bond donors (Lipinski definition) is 5. The maximum Gasteiger partial charge on any atom is 0.408 e. The van der Waals surface area contributed by atoms with Crippen LogP contribution in [0.5, 0.6) is 5.75 Å². The number of carboxylic acids is 1. The number of benzene rings is 1. The van der Waals surface area contributed by atoms with Gasteiger partial charge in [-0.1, -0.05) is 12.1 Å². The molecule has 1 aromatic rings. The topological polar surface area (TPSA) is 154 Å². The number of rotatable bonds is 8. The Balaban J connectivity index is 2.89. The van der Waals surface area contributed by atoms with Crippen LogP contribution >= 0.6 is 0 Å². The van der Waals surface area contributed by atoms with Crippen LogP contribution in [0.4, 0.5) is 4.79 Å². The van der Waals surface area contributed by atoms with Crippen LogP contribution in [0.25, 0.3) is 0 Å². The fourth-order valence-electron chi connectivity index (χ4n) is 2.31. The van der Waals surface area contributed by atoms with Gasteiger partial charge in [0.2, 0.25) is 11.8 Å². The molecule has 1 aromatic carbocycles. The second-order valence-corrected chi connectivity index (χ2v) is 7.87. The van der Waals surface area contributed by atoms with Crippen molar-refractivity contribution in [2.24, 2.45) is 0 Å². The molecule has 0 saturated carbocycles. The van der Waals surface area contributed by atoms with Crippen LogP contribution < -0.4 is 16.0 Å². The van der Waals surface area contributed by atoms with E-state index in [0.29, 0.717) is 5.56 Å². The SMILES string of the molecule is C[C@H](NC(=O)[C@@H](C)NC(=O)[C@H](Cc1ccc(O)cc1)NC(=O)OC(C)(C)C)C(=O)O. The lowest BCUT2D eigenvalue weighted by Gasteiger charge is -2.24. The van der Waals surface area contributed by atoms with Gasteiger partial charge in [-0.05, 0) is 52.3 Å². The molecule has 0 saturated heterocycles. The molecule has 1 rings (SSSR count). The summed E-state index contributed by atoms with van der Waals surface area (Å²) >= 11 is 0. The molecule has 0 fully saturated rings. The van der Waals surface area contributed by atoms with Crippen LogP contribution in [0.3, 0.4) is 0 Å². The third kappa shape index (κ3) is 8.80. The van der Waals surface area contributed by atoms with E-state index in [1.807, 2.05) is 0 Å². The fraction of sp³-hybridized carbons (Fsp3) is 0.500. The van der Waals surface area contributed by atoms with Gasteiger partial charge in [-0.3, -0.25) is 14.4 Å². The number of nitrogens with one attached hydrogen (secondary N) is 3. The monoisotopic (exact) mass is 423 g/mol. The van der Waals surface area contributed by atoms with Crippen molar-refractivity contribution < 1.29 is 34.1 Å². The molecule has 3 atom stereocenters. The Morgan fingerprint density at radius 1 is 0.933 bits per heavy atom. The van der Waals surface area contributed by atoms with Crippen LogP contribution in [0, 0.1) is 0 Å². The molecule has 0 radical (unpaired) electrons. The highest BCUT2D eigenvalue weighted by Crippen LogP contribution is 2.12. The maximum absolute atomic E-state index is 12.7. The number of alkyl carbamates (subject to hydrolysis) is 1. The summed E-state index contributed by atoms with van der Waals surface area (Å²) in [7, 11) is 0. The van der Waals surface area contributed by atoms with Crippen molar-refractivity contribution in [3.63, 3.8) is 0 Å². The van der Waals surface area contributed by atoms with E-state index in [0.717, 1.165) is 0 Å². The highest BCUT2D eigenvalue weighted by molar-refractivity contribution is 5.92. The lowest BCUT2D eigenvalue weighted by molar-refractivity contribution is -0.141. The minimum Gasteiger partial charge on any atom is -0.508 e. The van der Waals surface area contributed by atoms with Gasteiger partial charge < -0.3 is 30.9 Å². The van der Waals surface area contributed by atoms with Gasteiger partial charge in [-0.2, -0.15) is 0 Å². The van der Waals surface area contributed by atoms with E-state index in [1.165, 1.54) is 26.0 Å². The normalized spacial score (nSPS) is 14.0. The molecule has 0 spiro atoms. The van der Waals surface area contributed by atoms with Gasteiger partial charge >= 0.3 is 12.1 Å². The first-order chi connectivity index (χ1) is 13.8. The van der Waals surface area contributed by atoms with Crippen molar-refractivity contribution in [2.45, 2.75) is 64.8 Å². The van der Waals surface area contributed by atoms with Crippen molar-refractivity contribution in [1.29, 1.82) is 0 Å². The number of carboxylic acid groups (broad SMARTS) is 1. The Bertz CT molecular complexity index is 772. The fourth-order valence-corrected chi connectivity index (χ4v) is 2.31. The highest BCUT2D eigenvalue weighted by Gasteiger charge is 2.28. The molecule has 0 heterocycles. The Morgan fingerprint density at radius 2 is 1.47 bits per heavy atom. The maximum atomic E-state index is 12.7. The molecule has 30 heavy (non-hydrogen) atoms. The zero-order valence-electron chi connectivity index (χ0n) is 17.7. The summed E-state index contributed by atoms with van der Waals surface area (Å²) in [5.41, 5.74) is -0.121. The minimum atomic E-state index is -1.21. The van der Waals surface area contributed by atoms with Crippen LogP contribution in [0.2, 0.25) is 0 Å². The highest BCUT2D eigenvalue weighted by atomic mass is 16.6. The average Bonchev–Trinajstić information content (AvgIpc) is 2.61. The first-order valence-electron chi connectivity index (χ1n) is 9.39. The van der Waals surface area contributed by atoms with E-state index in [1.54, 1.807) is 32.9 Å². The molecular formula is C20H29N3O7. The van der Waals surface area contributed by atoms with Crippen molar-refractivity contribution in [1.82, 2.24) is 16.0 Å². The van der Waals surface area contributed by atoms with Crippen molar-refractivity contribution in [2.75, 3.05) is 0 Å². The van der Waals surface area contributed by atoms with Crippen LogP contribution in [0.1, 0.15) is 40.2 Å². The van der Waals surface area contributed by atoms with Crippen LogP contribution in [-0.4, -0.2) is 57.8 Å². The predicted molar refractivity (Wildman–Crippen MR) is 108 cm³/mol. The predicted octanol–water partition coefficient (Wildman–Crippen LogP) is 0.922. The molecule has 0 aliphatic carbocycles. The van der Waals surface area contributed by atoms with Gasteiger partial charge in [0.1, 0.15) is 29.5 Å². The van der Waals surface area contributed by atoms with E-state index in [-0.39, 0.29) is 12.2 Å². The molecule has 166 valence electrons. The van der Waals surface area contributed by atoms with Crippen LogP contribution in [0.15, 0.2) is 24.3 Å². The standard InChI is InChI=1S/C20H29N3O7/c1-11(16(25)22-12(2)18(27)28)21-17(26)15(23-19(29)30-20(3,4)5)10-13-6-8-14(24)9-7-13/h6-9,11-12,15,24H,10H2,1-5H3,(H,21,26)(H,22,25)(H,23,29)(H,27,28)/t11-,12+,15+/m1/s1. The molecule has 10 heteroatoms. The van der Waals surface area contributed by atoms with Crippen molar-refractivity contribution in [3.8, 4) is 5.75 Å². The quantitative estimate of drug-likeness (QED) is 0.416. The lowest BCUT2D eigenvalue weighted by atomic mass is 10.0. The Kier molecular flexibility index (Phi) is 8.63. The van der Waals surface area contributed by atoms with Gasteiger partial charge in [0.05, 0.1) is 0 Å². The molecule has 0 aromatic heterocycles. The van der Waals surface area contributed by atoms with Gasteiger partial charge in [-0.15, -0.1) is 0 Å². The average molecular weight is 423 g/mol. The van der Waals surface area contributed by atoms with E-state index >= 15 is 0 Å². The lowest BCUT2D eigenvalue weighted by Crippen LogP contribution is -2.55. The van der Waals surface area contributed by atoms with E-state index in [4.69, 9.17) is 9.84 Å². The largest absolute Gasteiger partial charge is 0.508 e. The molecule has 0 aliphatic rings. The number of phenols is 1. The zero-order valence-corrected chi connectivity index (χ0v) is 17.7. The van der Waals surface area contributed by atoms with Crippen molar-refractivity contribution in [3.05, 3.63) is 29.8 Å². The Hall–Kier alpha value is -3.30. The molecule has 0 unspecified atom stereocenters.